The fourth-order valence-electron chi connectivity index (χ4n) is 3.55. The number of hydrogen-bond donors (Lipinski definition) is 3. The molecule has 3 aromatic rings. The summed E-state index contributed by atoms with van der Waals surface area (Å²) >= 11 is 16.0. The molecule has 0 radical (unpaired) electrons. The maximum absolute atomic E-state index is 14.1. The van der Waals surface area contributed by atoms with Crippen molar-refractivity contribution in [2.24, 2.45) is 0 Å². The summed E-state index contributed by atoms with van der Waals surface area (Å²) < 4.78 is 49.2. The number of thiol groups is 1. The Kier molecular flexibility index (Phi) is 7.68. The Morgan fingerprint density at radius 1 is 1.06 bits per heavy atom. The molecule has 4 rings (SSSR count). The summed E-state index contributed by atoms with van der Waals surface area (Å²) in [5.74, 6) is -1.91. The van der Waals surface area contributed by atoms with Gasteiger partial charge in [-0.15, -0.1) is 12.6 Å². The average molecular weight is 535 g/mol. The van der Waals surface area contributed by atoms with E-state index in [1.54, 1.807) is 12.1 Å². The molecule has 0 aliphatic carbocycles. The van der Waals surface area contributed by atoms with Crippen molar-refractivity contribution in [3.63, 3.8) is 0 Å². The zero-order valence-electron chi connectivity index (χ0n) is 17.2. The van der Waals surface area contributed by atoms with Crippen LogP contribution in [0.15, 0.2) is 45.8 Å². The first-order valence-electron chi connectivity index (χ1n) is 9.95. The molecule has 0 unspecified atom stereocenters. The van der Waals surface area contributed by atoms with Gasteiger partial charge in [-0.3, -0.25) is 0 Å². The predicted octanol–water partition coefficient (Wildman–Crippen LogP) is 3.72. The minimum atomic E-state index is -1.39. The Morgan fingerprint density at radius 2 is 1.82 bits per heavy atom. The summed E-state index contributed by atoms with van der Waals surface area (Å²) in [5.41, 5.74) is -2.00. The maximum Gasteiger partial charge on any atom is 0.341 e. The van der Waals surface area contributed by atoms with Crippen LogP contribution < -0.4 is 10.4 Å². The van der Waals surface area contributed by atoms with Crippen LogP contribution in [-0.2, 0) is 16.1 Å². The van der Waals surface area contributed by atoms with Crippen LogP contribution in [0.4, 0.5) is 8.78 Å². The molecule has 34 heavy (non-hydrogen) atoms. The molecule has 0 spiro atoms. The fourth-order valence-corrected chi connectivity index (χ4v) is 4.16. The second-order valence-corrected chi connectivity index (χ2v) is 8.86. The minimum absolute atomic E-state index is 0.0770. The molecule has 1 fully saturated rings. The van der Waals surface area contributed by atoms with Crippen LogP contribution in [0.3, 0.4) is 0 Å². The van der Waals surface area contributed by atoms with E-state index in [-0.39, 0.29) is 28.0 Å². The summed E-state index contributed by atoms with van der Waals surface area (Å²) in [6.07, 6.45) is -4.18. The van der Waals surface area contributed by atoms with Crippen molar-refractivity contribution < 1.29 is 37.6 Å². The van der Waals surface area contributed by atoms with E-state index in [1.165, 1.54) is 12.1 Å². The van der Waals surface area contributed by atoms with Crippen molar-refractivity contribution in [3.05, 3.63) is 74.3 Å². The Balaban J connectivity index is 1.51. The normalized spacial score (nSPS) is 25.0. The van der Waals surface area contributed by atoms with Gasteiger partial charge in [-0.1, -0.05) is 29.3 Å². The number of fused-ring (bicyclic) bond motifs is 1. The zero-order valence-corrected chi connectivity index (χ0v) is 19.6. The molecule has 2 aromatic carbocycles. The topological polar surface area (TPSA) is 98.4 Å². The van der Waals surface area contributed by atoms with Crippen molar-refractivity contribution in [1.82, 2.24) is 0 Å². The fraction of sp³-hybridized carbons (Fsp3) is 0.318. The maximum atomic E-state index is 14.1. The van der Waals surface area contributed by atoms with Crippen molar-refractivity contribution in [1.29, 1.82) is 0 Å². The summed E-state index contributed by atoms with van der Waals surface area (Å²) in [4.78, 5) is 12.2. The van der Waals surface area contributed by atoms with Crippen molar-refractivity contribution >= 4 is 46.6 Å². The van der Waals surface area contributed by atoms with Crippen LogP contribution in [0.2, 0.25) is 10.0 Å². The van der Waals surface area contributed by atoms with Crippen LogP contribution in [0.5, 0.6) is 5.75 Å². The Morgan fingerprint density at radius 3 is 2.56 bits per heavy atom. The van der Waals surface area contributed by atoms with E-state index in [4.69, 9.17) is 41.8 Å². The number of rotatable bonds is 6. The lowest BCUT2D eigenvalue weighted by atomic mass is 9.99. The lowest BCUT2D eigenvalue weighted by Gasteiger charge is -2.40. The number of ether oxygens (including phenoxy) is 3. The van der Waals surface area contributed by atoms with Gasteiger partial charge < -0.3 is 28.8 Å². The van der Waals surface area contributed by atoms with Crippen LogP contribution in [0.1, 0.15) is 5.56 Å². The number of aliphatic hydroxyl groups excluding tert-OH is 2. The molecular weight excluding hydrogens is 517 g/mol. The summed E-state index contributed by atoms with van der Waals surface area (Å²) in [6.45, 7) is -0.617. The van der Waals surface area contributed by atoms with E-state index in [2.05, 4.69) is 12.6 Å². The monoisotopic (exact) mass is 534 g/mol. The standard InChI is InChI=1S/C22H18Cl2F2O7S/c23-13-3-1-9(5-14(13)24)30-8-16-18(27)20(19(28)22(34)33-16)31-7-12-10-2-4-15(25)17(26)11(10)6-32-21(12)29/h1-6,16,18-20,22,27-28,34H,7-8H2/t16-,18+,19-,20+,22-/m1/s1. The SMILES string of the molecule is O=c1occ2c(F)c(F)ccc2c1CO[C@@H]1[C@@H](O)[C@@H](S)O[C@H](COc2ccc(Cl)c(Cl)c2)[C@@H]1O. The third-order valence-corrected chi connectivity index (χ3v) is 6.54. The third-order valence-electron chi connectivity index (χ3n) is 5.37. The molecule has 1 aliphatic heterocycles. The smallest absolute Gasteiger partial charge is 0.341 e. The van der Waals surface area contributed by atoms with Gasteiger partial charge in [-0.25, -0.2) is 13.6 Å². The summed E-state index contributed by atoms with van der Waals surface area (Å²) in [7, 11) is 0. The summed E-state index contributed by atoms with van der Waals surface area (Å²) in [5, 5.41) is 21.7. The largest absolute Gasteiger partial charge is 0.491 e. The van der Waals surface area contributed by atoms with E-state index < -0.39 is 53.7 Å². The lowest BCUT2D eigenvalue weighted by molar-refractivity contribution is -0.221. The average Bonchev–Trinajstić information content (AvgIpc) is 2.81. The number of halogens is 4. The van der Waals surface area contributed by atoms with E-state index in [0.29, 0.717) is 10.8 Å². The Labute approximate surface area is 207 Å². The third kappa shape index (κ3) is 5.03. The number of benzene rings is 2. The Hall–Kier alpha value is -1.92. The zero-order chi connectivity index (χ0) is 24.6. The Bertz CT molecular complexity index is 1260. The van der Waals surface area contributed by atoms with Gasteiger partial charge in [0.1, 0.15) is 48.5 Å². The first-order chi connectivity index (χ1) is 16.2. The molecule has 0 bridgehead atoms. The first kappa shape index (κ1) is 25.2. The van der Waals surface area contributed by atoms with Crippen LogP contribution >= 0.6 is 35.8 Å². The van der Waals surface area contributed by atoms with Crippen LogP contribution in [0.25, 0.3) is 10.8 Å². The predicted molar refractivity (Wildman–Crippen MR) is 123 cm³/mol. The second kappa shape index (κ2) is 10.4. The van der Waals surface area contributed by atoms with Gasteiger partial charge in [0.05, 0.1) is 27.6 Å². The van der Waals surface area contributed by atoms with E-state index in [0.717, 1.165) is 12.3 Å². The van der Waals surface area contributed by atoms with Crippen molar-refractivity contribution in [2.75, 3.05) is 6.61 Å². The van der Waals surface area contributed by atoms with Crippen LogP contribution in [0, 0.1) is 11.6 Å². The van der Waals surface area contributed by atoms with Crippen molar-refractivity contribution in [3.8, 4) is 5.75 Å². The van der Waals surface area contributed by atoms with Crippen LogP contribution in [-0.4, -0.2) is 46.7 Å². The molecule has 1 saturated heterocycles. The van der Waals surface area contributed by atoms with Gasteiger partial charge in [-0.2, -0.15) is 0 Å². The van der Waals surface area contributed by atoms with Gasteiger partial charge in [0, 0.05) is 11.5 Å². The number of hydrogen-bond acceptors (Lipinski definition) is 8. The van der Waals surface area contributed by atoms with Gasteiger partial charge in [-0.05, 0) is 18.2 Å². The first-order valence-corrected chi connectivity index (χ1v) is 11.2. The minimum Gasteiger partial charge on any atom is -0.491 e. The molecule has 1 aliphatic rings. The molecule has 12 heteroatoms. The molecule has 1 aromatic heterocycles. The molecule has 2 N–H and O–H groups in total. The molecule has 0 saturated carbocycles. The van der Waals surface area contributed by atoms with Gasteiger partial charge in [0.25, 0.3) is 0 Å². The second-order valence-electron chi connectivity index (χ2n) is 7.53. The lowest BCUT2D eigenvalue weighted by Crippen LogP contribution is -2.58. The van der Waals surface area contributed by atoms with Gasteiger partial charge in [0.15, 0.2) is 11.6 Å². The summed E-state index contributed by atoms with van der Waals surface area (Å²) in [6, 6.07) is 6.70. The molecule has 7 nitrogen and oxygen atoms in total. The quantitative estimate of drug-likeness (QED) is 0.414. The van der Waals surface area contributed by atoms with E-state index in [9.17, 15) is 23.8 Å². The van der Waals surface area contributed by atoms with Gasteiger partial charge in [0.2, 0.25) is 0 Å². The molecule has 0 amide bonds. The molecule has 182 valence electrons. The highest BCUT2D eigenvalue weighted by atomic mass is 35.5. The molecule has 5 atom stereocenters. The van der Waals surface area contributed by atoms with Crippen molar-refractivity contribution in [2.45, 2.75) is 36.5 Å². The molecule has 2 heterocycles. The van der Waals surface area contributed by atoms with Gasteiger partial charge >= 0.3 is 5.63 Å². The van der Waals surface area contributed by atoms with E-state index in [1.807, 2.05) is 0 Å². The highest BCUT2D eigenvalue weighted by molar-refractivity contribution is 7.80. The molecular formula is C22H18Cl2F2O7S. The number of aliphatic hydroxyl groups is 2. The highest BCUT2D eigenvalue weighted by Gasteiger charge is 2.44. The van der Waals surface area contributed by atoms with E-state index >= 15 is 0 Å². The highest BCUT2D eigenvalue weighted by Crippen LogP contribution is 2.30.